The first-order valence-corrected chi connectivity index (χ1v) is 6.36. The van der Waals surface area contributed by atoms with E-state index in [1.807, 2.05) is 11.6 Å². The first kappa shape index (κ1) is 12.1. The van der Waals surface area contributed by atoms with Crippen molar-refractivity contribution < 1.29 is 5.11 Å². The van der Waals surface area contributed by atoms with Gasteiger partial charge in [-0.25, -0.2) is 0 Å². The fourth-order valence-corrected chi connectivity index (χ4v) is 2.33. The van der Waals surface area contributed by atoms with Crippen molar-refractivity contribution in [1.29, 1.82) is 0 Å². The number of aliphatic hydroxyl groups is 1. The Labute approximate surface area is 105 Å². The Morgan fingerprint density at radius 2 is 1.94 bits per heavy atom. The van der Waals surface area contributed by atoms with E-state index < -0.39 is 0 Å². The van der Waals surface area contributed by atoms with Gasteiger partial charge in [0.2, 0.25) is 0 Å². The SMILES string of the molecule is Cc1ccc(CSc2nnc(CO)n2C)cc1. The van der Waals surface area contributed by atoms with Gasteiger partial charge in [-0.1, -0.05) is 41.6 Å². The molecule has 0 saturated heterocycles. The Balaban J connectivity index is 2.02. The number of nitrogens with zero attached hydrogens (tertiary/aromatic N) is 3. The normalized spacial score (nSPS) is 10.8. The summed E-state index contributed by atoms with van der Waals surface area (Å²) < 4.78 is 1.82. The van der Waals surface area contributed by atoms with Crippen LogP contribution >= 0.6 is 11.8 Å². The molecule has 0 saturated carbocycles. The van der Waals surface area contributed by atoms with Crippen molar-refractivity contribution in [2.45, 2.75) is 24.4 Å². The molecule has 1 aromatic heterocycles. The summed E-state index contributed by atoms with van der Waals surface area (Å²) in [5, 5.41) is 17.8. The summed E-state index contributed by atoms with van der Waals surface area (Å²) in [5.41, 5.74) is 2.52. The molecular formula is C12H15N3OS. The third kappa shape index (κ3) is 2.87. The van der Waals surface area contributed by atoms with Gasteiger partial charge in [0.05, 0.1) is 0 Å². The molecule has 0 fully saturated rings. The van der Waals surface area contributed by atoms with Crippen LogP contribution in [0.3, 0.4) is 0 Å². The molecule has 0 atom stereocenters. The van der Waals surface area contributed by atoms with E-state index in [4.69, 9.17) is 5.11 Å². The minimum atomic E-state index is -0.0748. The molecule has 0 unspecified atom stereocenters. The molecule has 90 valence electrons. The van der Waals surface area contributed by atoms with Crippen molar-refractivity contribution in [3.8, 4) is 0 Å². The second kappa shape index (κ2) is 5.33. The maximum atomic E-state index is 9.01. The van der Waals surface area contributed by atoms with Crippen LogP contribution in [0.1, 0.15) is 17.0 Å². The predicted molar refractivity (Wildman–Crippen MR) is 67.7 cm³/mol. The average Bonchev–Trinajstić information content (AvgIpc) is 2.69. The molecule has 2 aromatic rings. The van der Waals surface area contributed by atoms with Crippen LogP contribution in [0.5, 0.6) is 0 Å². The number of aliphatic hydroxyl groups excluding tert-OH is 1. The lowest BCUT2D eigenvalue weighted by atomic mass is 10.2. The maximum absolute atomic E-state index is 9.01. The Hall–Kier alpha value is -1.33. The van der Waals surface area contributed by atoms with E-state index >= 15 is 0 Å². The summed E-state index contributed by atoms with van der Waals surface area (Å²) in [5.74, 6) is 1.45. The number of benzene rings is 1. The van der Waals surface area contributed by atoms with Gasteiger partial charge in [-0.05, 0) is 12.5 Å². The Bertz CT molecular complexity index is 493. The van der Waals surface area contributed by atoms with E-state index in [-0.39, 0.29) is 6.61 Å². The maximum Gasteiger partial charge on any atom is 0.191 e. The highest BCUT2D eigenvalue weighted by Gasteiger charge is 2.07. The van der Waals surface area contributed by atoms with E-state index in [2.05, 4.69) is 41.4 Å². The van der Waals surface area contributed by atoms with Crippen molar-refractivity contribution >= 4 is 11.8 Å². The molecule has 5 heteroatoms. The lowest BCUT2D eigenvalue weighted by Gasteiger charge is -2.02. The van der Waals surface area contributed by atoms with Crippen molar-refractivity contribution in [2.75, 3.05) is 0 Å². The largest absolute Gasteiger partial charge is 0.388 e. The quantitative estimate of drug-likeness (QED) is 0.841. The van der Waals surface area contributed by atoms with E-state index in [1.54, 1.807) is 11.8 Å². The molecule has 1 aromatic carbocycles. The molecule has 4 nitrogen and oxygen atoms in total. The van der Waals surface area contributed by atoms with E-state index in [9.17, 15) is 0 Å². The number of aromatic nitrogens is 3. The third-order valence-corrected chi connectivity index (χ3v) is 3.65. The summed E-state index contributed by atoms with van der Waals surface area (Å²) in [6.07, 6.45) is 0. The standard InChI is InChI=1S/C12H15N3OS/c1-9-3-5-10(6-4-9)8-17-12-14-13-11(7-16)15(12)2/h3-6,16H,7-8H2,1-2H3. The van der Waals surface area contributed by atoms with E-state index in [1.165, 1.54) is 11.1 Å². The molecule has 17 heavy (non-hydrogen) atoms. The summed E-state index contributed by atoms with van der Waals surface area (Å²) in [7, 11) is 1.86. The van der Waals surface area contributed by atoms with Crippen LogP contribution < -0.4 is 0 Å². The molecule has 0 aliphatic heterocycles. The van der Waals surface area contributed by atoms with Crippen molar-refractivity contribution in [3.05, 3.63) is 41.2 Å². The Kier molecular flexibility index (Phi) is 3.81. The van der Waals surface area contributed by atoms with Crippen LogP contribution in [0.2, 0.25) is 0 Å². The van der Waals surface area contributed by atoms with Crippen LogP contribution in [-0.2, 0) is 19.4 Å². The zero-order chi connectivity index (χ0) is 12.3. The highest BCUT2D eigenvalue weighted by atomic mass is 32.2. The zero-order valence-electron chi connectivity index (χ0n) is 9.92. The van der Waals surface area contributed by atoms with E-state index in [0.717, 1.165) is 10.9 Å². The number of hydrogen-bond donors (Lipinski definition) is 1. The monoisotopic (exact) mass is 249 g/mol. The second-order valence-electron chi connectivity index (χ2n) is 3.89. The molecule has 0 spiro atoms. The number of aryl methyl sites for hydroxylation is 1. The molecule has 1 heterocycles. The van der Waals surface area contributed by atoms with Crippen LogP contribution in [0.15, 0.2) is 29.4 Å². The first-order chi connectivity index (χ1) is 8.20. The topological polar surface area (TPSA) is 50.9 Å². The van der Waals surface area contributed by atoms with Gasteiger partial charge < -0.3 is 9.67 Å². The van der Waals surface area contributed by atoms with Crippen LogP contribution in [0.4, 0.5) is 0 Å². The van der Waals surface area contributed by atoms with Crippen molar-refractivity contribution in [3.63, 3.8) is 0 Å². The Morgan fingerprint density at radius 1 is 1.24 bits per heavy atom. The van der Waals surface area contributed by atoms with Gasteiger partial charge in [0.1, 0.15) is 6.61 Å². The van der Waals surface area contributed by atoms with Crippen LogP contribution in [-0.4, -0.2) is 19.9 Å². The van der Waals surface area contributed by atoms with E-state index in [0.29, 0.717) is 5.82 Å². The van der Waals surface area contributed by atoms with Crippen molar-refractivity contribution in [2.24, 2.45) is 7.05 Å². The fraction of sp³-hybridized carbons (Fsp3) is 0.333. The number of rotatable bonds is 4. The van der Waals surface area contributed by atoms with Crippen LogP contribution in [0, 0.1) is 6.92 Å². The molecule has 0 amide bonds. The summed E-state index contributed by atoms with van der Waals surface area (Å²) in [6.45, 7) is 2.00. The summed E-state index contributed by atoms with van der Waals surface area (Å²) in [6, 6.07) is 8.44. The van der Waals surface area contributed by atoms with Gasteiger partial charge in [-0.2, -0.15) is 0 Å². The number of thioether (sulfide) groups is 1. The lowest BCUT2D eigenvalue weighted by molar-refractivity contribution is 0.266. The smallest absolute Gasteiger partial charge is 0.191 e. The molecule has 0 bridgehead atoms. The minimum Gasteiger partial charge on any atom is -0.388 e. The van der Waals surface area contributed by atoms with Gasteiger partial charge in [-0.15, -0.1) is 10.2 Å². The predicted octanol–water partition coefficient (Wildman–Crippen LogP) is 1.91. The van der Waals surface area contributed by atoms with Crippen LogP contribution in [0.25, 0.3) is 0 Å². The second-order valence-corrected chi connectivity index (χ2v) is 4.83. The number of hydrogen-bond acceptors (Lipinski definition) is 4. The lowest BCUT2D eigenvalue weighted by Crippen LogP contribution is -1.98. The zero-order valence-corrected chi connectivity index (χ0v) is 10.7. The molecule has 0 aliphatic carbocycles. The molecule has 1 N–H and O–H groups in total. The highest BCUT2D eigenvalue weighted by molar-refractivity contribution is 7.98. The first-order valence-electron chi connectivity index (χ1n) is 5.38. The van der Waals surface area contributed by atoms with Gasteiger partial charge in [-0.3, -0.25) is 0 Å². The van der Waals surface area contributed by atoms with Gasteiger partial charge in [0.25, 0.3) is 0 Å². The third-order valence-electron chi connectivity index (χ3n) is 2.56. The fourth-order valence-electron chi connectivity index (χ4n) is 1.44. The summed E-state index contributed by atoms with van der Waals surface area (Å²) in [4.78, 5) is 0. The highest BCUT2D eigenvalue weighted by Crippen LogP contribution is 2.21. The van der Waals surface area contributed by atoms with Gasteiger partial charge in [0, 0.05) is 12.8 Å². The summed E-state index contributed by atoms with van der Waals surface area (Å²) >= 11 is 1.62. The molecule has 2 rings (SSSR count). The van der Waals surface area contributed by atoms with Gasteiger partial charge >= 0.3 is 0 Å². The van der Waals surface area contributed by atoms with Gasteiger partial charge in [0.15, 0.2) is 11.0 Å². The molecule has 0 aliphatic rings. The molecule has 0 radical (unpaired) electrons. The minimum absolute atomic E-state index is 0.0748. The Morgan fingerprint density at radius 3 is 2.53 bits per heavy atom. The molecular weight excluding hydrogens is 234 g/mol. The van der Waals surface area contributed by atoms with Crippen molar-refractivity contribution in [1.82, 2.24) is 14.8 Å². The average molecular weight is 249 g/mol.